The molecular formula is C22H30N2O5S. The van der Waals surface area contributed by atoms with E-state index in [4.69, 9.17) is 9.47 Å². The Hall–Kier alpha value is -2.58. The van der Waals surface area contributed by atoms with Gasteiger partial charge >= 0.3 is 0 Å². The molecule has 0 aliphatic carbocycles. The molecule has 1 amide bonds. The third-order valence-electron chi connectivity index (χ3n) is 4.63. The second-order valence-electron chi connectivity index (χ2n) is 6.64. The molecule has 0 saturated carbocycles. The van der Waals surface area contributed by atoms with Crippen molar-refractivity contribution in [1.29, 1.82) is 0 Å². The summed E-state index contributed by atoms with van der Waals surface area (Å²) in [5.41, 5.74) is 0.844. The Labute approximate surface area is 179 Å². The maximum atomic E-state index is 12.5. The molecular weight excluding hydrogens is 404 g/mol. The van der Waals surface area contributed by atoms with Gasteiger partial charge in [0.15, 0.2) is 0 Å². The minimum Gasteiger partial charge on any atom is -0.497 e. The summed E-state index contributed by atoms with van der Waals surface area (Å²) < 4.78 is 37.1. The quantitative estimate of drug-likeness (QED) is 0.519. The Morgan fingerprint density at radius 2 is 1.57 bits per heavy atom. The number of hydrogen-bond acceptors (Lipinski definition) is 5. The molecule has 0 spiro atoms. The summed E-state index contributed by atoms with van der Waals surface area (Å²) >= 11 is 0. The van der Waals surface area contributed by atoms with Crippen LogP contribution in [0.1, 0.15) is 32.3 Å². The minimum absolute atomic E-state index is 0.0758. The molecule has 0 atom stereocenters. The number of benzene rings is 2. The lowest BCUT2D eigenvalue weighted by Gasteiger charge is -2.18. The molecule has 8 heteroatoms. The largest absolute Gasteiger partial charge is 0.497 e. The number of methoxy groups -OCH3 is 1. The van der Waals surface area contributed by atoms with Crippen molar-refractivity contribution in [3.05, 3.63) is 54.1 Å². The monoisotopic (exact) mass is 434 g/mol. The molecule has 0 radical (unpaired) electrons. The molecule has 7 nitrogen and oxygen atoms in total. The lowest BCUT2D eigenvalue weighted by molar-refractivity contribution is -0.121. The molecule has 164 valence electrons. The number of carbonyl (C=O) groups excluding carboxylic acids is 1. The maximum Gasteiger partial charge on any atom is 0.243 e. The standard InChI is InChI=1S/C22H30N2O5S/c1-4-24(5-2)30(26,27)21-14-8-18(9-15-21)17-23-22(25)7-6-16-29-20-12-10-19(28-3)11-13-20/h8-15H,4-7,16-17H2,1-3H3,(H,23,25). The van der Waals surface area contributed by atoms with E-state index in [1.54, 1.807) is 31.4 Å². The van der Waals surface area contributed by atoms with Crippen molar-refractivity contribution in [2.75, 3.05) is 26.8 Å². The molecule has 0 aromatic heterocycles. The number of amides is 1. The number of rotatable bonds is 12. The maximum absolute atomic E-state index is 12.5. The van der Waals surface area contributed by atoms with Crippen LogP contribution >= 0.6 is 0 Å². The number of ether oxygens (including phenoxy) is 2. The van der Waals surface area contributed by atoms with Crippen LogP contribution in [0.25, 0.3) is 0 Å². The molecule has 0 unspecified atom stereocenters. The fourth-order valence-corrected chi connectivity index (χ4v) is 4.33. The number of hydrogen-bond donors (Lipinski definition) is 1. The van der Waals surface area contributed by atoms with Crippen molar-refractivity contribution in [1.82, 2.24) is 9.62 Å². The van der Waals surface area contributed by atoms with Crippen molar-refractivity contribution in [3.63, 3.8) is 0 Å². The zero-order chi connectivity index (χ0) is 22.0. The molecule has 0 fully saturated rings. The molecule has 0 bridgehead atoms. The molecule has 2 aromatic carbocycles. The molecule has 1 N–H and O–H groups in total. The Kier molecular flexibility index (Phi) is 9.14. The molecule has 0 aliphatic heterocycles. The summed E-state index contributed by atoms with van der Waals surface area (Å²) in [5, 5.41) is 2.85. The van der Waals surface area contributed by atoms with Crippen LogP contribution in [0, 0.1) is 0 Å². The molecule has 2 aromatic rings. The fraction of sp³-hybridized carbons (Fsp3) is 0.409. The molecule has 0 saturated heterocycles. The van der Waals surface area contributed by atoms with Gasteiger partial charge in [0.05, 0.1) is 18.6 Å². The van der Waals surface area contributed by atoms with Gasteiger partial charge in [-0.1, -0.05) is 26.0 Å². The SMILES string of the molecule is CCN(CC)S(=O)(=O)c1ccc(CNC(=O)CCCOc2ccc(OC)cc2)cc1. The fourth-order valence-electron chi connectivity index (χ4n) is 2.88. The van der Waals surface area contributed by atoms with Gasteiger partial charge in [0.2, 0.25) is 15.9 Å². The zero-order valence-electron chi connectivity index (χ0n) is 17.8. The molecule has 0 aliphatic rings. The van der Waals surface area contributed by atoms with Gasteiger partial charge in [-0.3, -0.25) is 4.79 Å². The van der Waals surface area contributed by atoms with Crippen LogP contribution in [-0.4, -0.2) is 45.4 Å². The summed E-state index contributed by atoms with van der Waals surface area (Å²) in [6.45, 7) is 5.28. The number of sulfonamides is 1. The van der Waals surface area contributed by atoms with Crippen LogP contribution in [0.5, 0.6) is 11.5 Å². The van der Waals surface area contributed by atoms with E-state index in [1.165, 1.54) is 4.31 Å². The number of nitrogens with zero attached hydrogens (tertiary/aromatic N) is 1. The van der Waals surface area contributed by atoms with Gasteiger partial charge in [0.25, 0.3) is 0 Å². The van der Waals surface area contributed by atoms with Crippen molar-refractivity contribution in [2.45, 2.75) is 38.1 Å². The Balaban J connectivity index is 1.74. The van der Waals surface area contributed by atoms with Gasteiger partial charge in [-0.2, -0.15) is 4.31 Å². The first kappa shape index (κ1) is 23.7. The van der Waals surface area contributed by atoms with Crippen LogP contribution in [0.4, 0.5) is 0 Å². The highest BCUT2D eigenvalue weighted by Gasteiger charge is 2.21. The third kappa shape index (κ3) is 6.74. The number of carbonyl (C=O) groups is 1. The lowest BCUT2D eigenvalue weighted by atomic mass is 10.2. The number of nitrogens with one attached hydrogen (secondary N) is 1. The molecule has 2 rings (SSSR count). The summed E-state index contributed by atoms with van der Waals surface area (Å²) in [7, 11) is -1.86. The van der Waals surface area contributed by atoms with E-state index in [0.717, 1.165) is 17.1 Å². The second kappa shape index (κ2) is 11.6. The highest BCUT2D eigenvalue weighted by Crippen LogP contribution is 2.18. The van der Waals surface area contributed by atoms with Crippen LogP contribution in [-0.2, 0) is 21.4 Å². The Bertz CT molecular complexity index is 892. The van der Waals surface area contributed by atoms with Gasteiger partial charge in [-0.15, -0.1) is 0 Å². The van der Waals surface area contributed by atoms with Crippen molar-refractivity contribution in [2.24, 2.45) is 0 Å². The first-order valence-electron chi connectivity index (χ1n) is 10.0. The summed E-state index contributed by atoms with van der Waals surface area (Å²) in [6, 6.07) is 13.9. The van der Waals surface area contributed by atoms with Gasteiger partial charge < -0.3 is 14.8 Å². The van der Waals surface area contributed by atoms with Gasteiger partial charge in [-0.05, 0) is 48.4 Å². The van der Waals surface area contributed by atoms with E-state index >= 15 is 0 Å². The van der Waals surface area contributed by atoms with E-state index < -0.39 is 10.0 Å². The summed E-state index contributed by atoms with van der Waals surface area (Å²) in [5.74, 6) is 1.42. The van der Waals surface area contributed by atoms with Gasteiger partial charge in [0.1, 0.15) is 11.5 Å². The van der Waals surface area contributed by atoms with E-state index in [0.29, 0.717) is 39.1 Å². The second-order valence-corrected chi connectivity index (χ2v) is 8.58. The Morgan fingerprint density at radius 3 is 2.13 bits per heavy atom. The van der Waals surface area contributed by atoms with E-state index in [9.17, 15) is 13.2 Å². The van der Waals surface area contributed by atoms with E-state index in [2.05, 4.69) is 5.32 Å². The molecule has 0 heterocycles. The highest BCUT2D eigenvalue weighted by molar-refractivity contribution is 7.89. The van der Waals surface area contributed by atoms with Crippen LogP contribution in [0.15, 0.2) is 53.4 Å². The van der Waals surface area contributed by atoms with E-state index in [-0.39, 0.29) is 10.8 Å². The van der Waals surface area contributed by atoms with Crippen LogP contribution < -0.4 is 14.8 Å². The highest BCUT2D eigenvalue weighted by atomic mass is 32.2. The van der Waals surface area contributed by atoms with Gasteiger partial charge in [0, 0.05) is 26.1 Å². The first-order chi connectivity index (χ1) is 14.4. The minimum atomic E-state index is -3.47. The van der Waals surface area contributed by atoms with E-state index in [1.807, 2.05) is 38.1 Å². The molecule has 30 heavy (non-hydrogen) atoms. The predicted molar refractivity (Wildman–Crippen MR) is 116 cm³/mol. The topological polar surface area (TPSA) is 84.9 Å². The lowest BCUT2D eigenvalue weighted by Crippen LogP contribution is -2.30. The average molecular weight is 435 g/mol. The van der Waals surface area contributed by atoms with Crippen molar-refractivity contribution < 1.29 is 22.7 Å². The average Bonchev–Trinajstić information content (AvgIpc) is 2.76. The third-order valence-corrected chi connectivity index (χ3v) is 6.70. The summed E-state index contributed by atoms with van der Waals surface area (Å²) in [6.07, 6.45) is 0.948. The summed E-state index contributed by atoms with van der Waals surface area (Å²) in [4.78, 5) is 12.3. The van der Waals surface area contributed by atoms with Crippen LogP contribution in [0.2, 0.25) is 0 Å². The zero-order valence-corrected chi connectivity index (χ0v) is 18.6. The van der Waals surface area contributed by atoms with Gasteiger partial charge in [-0.25, -0.2) is 8.42 Å². The first-order valence-corrected chi connectivity index (χ1v) is 11.5. The normalized spacial score (nSPS) is 11.3. The smallest absolute Gasteiger partial charge is 0.243 e. The Morgan fingerprint density at radius 1 is 0.967 bits per heavy atom. The van der Waals surface area contributed by atoms with Crippen molar-refractivity contribution >= 4 is 15.9 Å². The predicted octanol–water partition coefficient (Wildman–Crippen LogP) is 3.20. The van der Waals surface area contributed by atoms with Crippen LogP contribution in [0.3, 0.4) is 0 Å². The van der Waals surface area contributed by atoms with Crippen molar-refractivity contribution in [3.8, 4) is 11.5 Å².